The lowest BCUT2D eigenvalue weighted by Gasteiger charge is -2.33. The largest absolute Gasteiger partial charge is 0.444 e. The first kappa shape index (κ1) is 29.6. The van der Waals surface area contributed by atoms with Crippen molar-refractivity contribution in [2.75, 3.05) is 0 Å². The van der Waals surface area contributed by atoms with Crippen LogP contribution < -0.4 is 10.6 Å². The van der Waals surface area contributed by atoms with Gasteiger partial charge in [0.05, 0.1) is 0 Å². The van der Waals surface area contributed by atoms with Gasteiger partial charge in [0.1, 0.15) is 17.7 Å². The zero-order valence-electron chi connectivity index (χ0n) is 22.0. The van der Waals surface area contributed by atoms with E-state index >= 15 is 0 Å². The van der Waals surface area contributed by atoms with Crippen LogP contribution in [0.3, 0.4) is 0 Å². The lowest BCUT2D eigenvalue weighted by atomic mass is 9.94. The molecule has 1 rings (SSSR count). The number of hydrogen-bond donors (Lipinski definition) is 2. The molecule has 0 radical (unpaired) electrons. The third kappa shape index (κ3) is 8.68. The Morgan fingerprint density at radius 1 is 1.09 bits per heavy atom. The molecule has 0 saturated carbocycles. The summed E-state index contributed by atoms with van der Waals surface area (Å²) in [6, 6.07) is 6.92. The zero-order chi connectivity index (χ0) is 26.8. The minimum atomic E-state index is -1.17. The van der Waals surface area contributed by atoms with Gasteiger partial charge in [-0.1, -0.05) is 64.2 Å². The van der Waals surface area contributed by atoms with E-state index in [-0.39, 0.29) is 12.0 Å². The quantitative estimate of drug-likeness (QED) is 0.384. The van der Waals surface area contributed by atoms with Crippen LogP contribution in [0.15, 0.2) is 24.3 Å². The van der Waals surface area contributed by atoms with E-state index in [0.717, 1.165) is 17.7 Å². The summed E-state index contributed by atoms with van der Waals surface area (Å²) >= 11 is 0. The van der Waals surface area contributed by atoms with E-state index in [1.807, 2.05) is 27.7 Å². The molecule has 7 nitrogen and oxygen atoms in total. The van der Waals surface area contributed by atoms with Crippen LogP contribution in [0, 0.1) is 30.7 Å². The fourth-order valence-corrected chi connectivity index (χ4v) is 3.62. The first-order valence-corrected chi connectivity index (χ1v) is 12.0. The number of nitrogens with one attached hydrogen (secondary N) is 2. The molecule has 4 unspecified atom stereocenters. The van der Waals surface area contributed by atoms with E-state index in [1.54, 1.807) is 45.0 Å². The van der Waals surface area contributed by atoms with E-state index in [4.69, 9.17) is 17.6 Å². The second-order valence-corrected chi connectivity index (χ2v) is 9.68. The highest BCUT2D eigenvalue weighted by Gasteiger charge is 2.38. The van der Waals surface area contributed by atoms with Gasteiger partial charge in [-0.3, -0.25) is 14.5 Å². The van der Waals surface area contributed by atoms with Crippen molar-refractivity contribution in [3.63, 3.8) is 0 Å². The van der Waals surface area contributed by atoms with Gasteiger partial charge in [0, 0.05) is 23.2 Å². The van der Waals surface area contributed by atoms with Gasteiger partial charge in [0.25, 0.3) is 5.91 Å². The van der Waals surface area contributed by atoms with E-state index < -0.39 is 35.6 Å². The lowest BCUT2D eigenvalue weighted by Crippen LogP contribution is -2.54. The van der Waals surface area contributed by atoms with Gasteiger partial charge >= 0.3 is 6.09 Å². The molecule has 0 aliphatic heterocycles. The minimum absolute atomic E-state index is 0.132. The maximum atomic E-state index is 13.8. The van der Waals surface area contributed by atoms with Crippen molar-refractivity contribution >= 4 is 17.9 Å². The van der Waals surface area contributed by atoms with Crippen LogP contribution in [0.2, 0.25) is 0 Å². The summed E-state index contributed by atoms with van der Waals surface area (Å²) in [6.07, 6.45) is 13.0. The van der Waals surface area contributed by atoms with Gasteiger partial charge < -0.3 is 15.4 Å². The summed E-state index contributed by atoms with van der Waals surface area (Å²) in [7, 11) is 0. The predicted octanol–water partition coefficient (Wildman–Crippen LogP) is 4.37. The number of terminal acetylenes is 2. The average Bonchev–Trinajstić information content (AvgIpc) is 2.78. The van der Waals surface area contributed by atoms with Gasteiger partial charge in [0.2, 0.25) is 5.91 Å². The van der Waals surface area contributed by atoms with Crippen molar-refractivity contribution in [1.29, 1.82) is 0 Å². The van der Waals surface area contributed by atoms with Gasteiger partial charge in [-0.25, -0.2) is 4.79 Å². The van der Waals surface area contributed by atoms with Gasteiger partial charge in [0.15, 0.2) is 0 Å². The van der Waals surface area contributed by atoms with Gasteiger partial charge in [-0.2, -0.15) is 0 Å². The fraction of sp³-hybridized carbons (Fsp3) is 0.536. The lowest BCUT2D eigenvalue weighted by molar-refractivity contribution is -0.139. The molecule has 0 bridgehead atoms. The normalized spacial score (nSPS) is 14.3. The Hall–Kier alpha value is -3.45. The Bertz CT molecular complexity index is 968. The maximum Gasteiger partial charge on any atom is 0.408 e. The van der Waals surface area contributed by atoms with Crippen LogP contribution in [0.5, 0.6) is 0 Å². The number of amides is 3. The third-order valence-electron chi connectivity index (χ3n) is 5.56. The first-order valence-electron chi connectivity index (χ1n) is 12.0. The standard InChI is InChI=1S/C28H39N3O4/c1-10-16-20(6)29-25(32)24(22-18-15-14-17-21(22)12-3)31(13-4)26(33)23(19(5)11-2)30-27(34)35-28(7,8)9/h3-4,14-15,17-20,23-24H,10-11,16H2,1-2,5-9H3,(H,29,32)(H,30,34). The molecule has 0 heterocycles. The summed E-state index contributed by atoms with van der Waals surface area (Å²) in [4.78, 5) is 40.8. The van der Waals surface area contributed by atoms with Crippen LogP contribution in [0.1, 0.15) is 84.9 Å². The van der Waals surface area contributed by atoms with Crippen molar-refractivity contribution in [2.24, 2.45) is 5.92 Å². The number of hydrogen-bond acceptors (Lipinski definition) is 4. The summed E-state index contributed by atoms with van der Waals surface area (Å²) in [5.74, 6) is 1.25. The fourth-order valence-electron chi connectivity index (χ4n) is 3.62. The maximum absolute atomic E-state index is 13.8. The number of ether oxygens (including phenoxy) is 1. The molecule has 0 aromatic heterocycles. The smallest absolute Gasteiger partial charge is 0.408 e. The van der Waals surface area contributed by atoms with E-state index in [2.05, 4.69) is 22.6 Å². The van der Waals surface area contributed by atoms with Crippen molar-refractivity contribution in [3.05, 3.63) is 35.4 Å². The monoisotopic (exact) mass is 481 g/mol. The second-order valence-electron chi connectivity index (χ2n) is 9.68. The SMILES string of the molecule is C#Cc1ccccc1C(C(=O)NC(C)CCC)N(C#C)C(=O)C(NC(=O)OC(C)(C)C)C(C)CC. The number of nitrogens with zero attached hydrogens (tertiary/aromatic N) is 1. The Balaban J connectivity index is 3.50. The van der Waals surface area contributed by atoms with E-state index in [9.17, 15) is 14.4 Å². The third-order valence-corrected chi connectivity index (χ3v) is 5.56. The van der Waals surface area contributed by atoms with Crippen molar-refractivity contribution in [1.82, 2.24) is 15.5 Å². The first-order chi connectivity index (χ1) is 16.4. The van der Waals surface area contributed by atoms with Crippen molar-refractivity contribution < 1.29 is 19.1 Å². The van der Waals surface area contributed by atoms with Crippen LogP contribution in [0.4, 0.5) is 4.79 Å². The molecule has 3 amide bonds. The molecule has 0 fully saturated rings. The molecule has 35 heavy (non-hydrogen) atoms. The van der Waals surface area contributed by atoms with Crippen LogP contribution in [-0.2, 0) is 14.3 Å². The van der Waals surface area contributed by atoms with E-state index in [0.29, 0.717) is 17.5 Å². The predicted molar refractivity (Wildman–Crippen MR) is 138 cm³/mol. The number of carbonyl (C=O) groups excluding carboxylic acids is 3. The number of benzene rings is 1. The molecule has 4 atom stereocenters. The molecule has 0 spiro atoms. The topological polar surface area (TPSA) is 87.7 Å². The Morgan fingerprint density at radius 3 is 2.23 bits per heavy atom. The minimum Gasteiger partial charge on any atom is -0.444 e. The zero-order valence-corrected chi connectivity index (χ0v) is 22.0. The summed E-state index contributed by atoms with van der Waals surface area (Å²) < 4.78 is 5.36. The number of rotatable bonds is 10. The van der Waals surface area contributed by atoms with Crippen LogP contribution in [-0.4, -0.2) is 40.5 Å². The Morgan fingerprint density at radius 2 is 1.71 bits per heavy atom. The molecular weight excluding hydrogens is 442 g/mol. The average molecular weight is 482 g/mol. The highest BCUT2D eigenvalue weighted by atomic mass is 16.6. The van der Waals surface area contributed by atoms with E-state index in [1.165, 1.54) is 0 Å². The molecule has 0 aliphatic carbocycles. The van der Waals surface area contributed by atoms with Crippen LogP contribution in [0.25, 0.3) is 0 Å². The molecule has 0 aliphatic rings. The molecule has 1 aromatic carbocycles. The summed E-state index contributed by atoms with van der Waals surface area (Å²) in [6.45, 7) is 12.8. The molecule has 0 saturated heterocycles. The summed E-state index contributed by atoms with van der Waals surface area (Å²) in [5, 5.41) is 5.60. The second kappa shape index (κ2) is 13.4. The number of carbonyl (C=O) groups is 3. The molecule has 7 heteroatoms. The molecule has 1 aromatic rings. The molecule has 190 valence electrons. The van der Waals surface area contributed by atoms with Crippen molar-refractivity contribution in [2.45, 2.75) is 91.5 Å². The Labute approximate surface area is 210 Å². The highest BCUT2D eigenvalue weighted by molar-refractivity contribution is 5.93. The highest BCUT2D eigenvalue weighted by Crippen LogP contribution is 2.26. The number of alkyl carbamates (subject to hydrolysis) is 1. The summed E-state index contributed by atoms with van der Waals surface area (Å²) in [5.41, 5.74) is 0.134. The van der Waals surface area contributed by atoms with Gasteiger partial charge in [-0.05, 0) is 46.1 Å². The van der Waals surface area contributed by atoms with Crippen molar-refractivity contribution in [3.8, 4) is 24.8 Å². The molecule has 2 N–H and O–H groups in total. The Kier molecular flexibility index (Phi) is 11.4. The molecular formula is C28H39N3O4. The van der Waals surface area contributed by atoms with Gasteiger partial charge in [-0.15, -0.1) is 6.42 Å². The van der Waals surface area contributed by atoms with Crippen LogP contribution >= 0.6 is 0 Å².